The summed E-state index contributed by atoms with van der Waals surface area (Å²) >= 11 is 0. The number of esters is 1. The molecule has 1 unspecified atom stereocenters. The van der Waals surface area contributed by atoms with Gasteiger partial charge in [-0.2, -0.15) is 0 Å². The zero-order chi connectivity index (χ0) is 21.9. The molecule has 0 saturated heterocycles. The summed E-state index contributed by atoms with van der Waals surface area (Å²) in [6, 6.07) is 9.61. The Hall–Kier alpha value is -3.03. The Morgan fingerprint density at radius 1 is 1.30 bits per heavy atom. The van der Waals surface area contributed by atoms with Gasteiger partial charge in [0.25, 0.3) is 0 Å². The van der Waals surface area contributed by atoms with Crippen molar-refractivity contribution in [2.45, 2.75) is 58.7 Å². The molecule has 1 aromatic carbocycles. The number of hydrogen-bond donors (Lipinski definition) is 0. The van der Waals surface area contributed by atoms with Gasteiger partial charge in [-0.3, -0.25) is 14.1 Å². The maximum atomic E-state index is 14.3. The third kappa shape index (κ3) is 4.58. The predicted octanol–water partition coefficient (Wildman–Crippen LogP) is 3.61. The second kappa shape index (κ2) is 8.77. The molecule has 30 heavy (non-hydrogen) atoms. The molecule has 0 spiro atoms. The van der Waals surface area contributed by atoms with Gasteiger partial charge in [0.05, 0.1) is 12.3 Å². The SMILES string of the molecule is Cc1noc(=O)n1C/C(F)=C\CC[C@]1(C)N=C(c2ccccc2)C(C(C)C)OC1=O. The van der Waals surface area contributed by atoms with Crippen molar-refractivity contribution in [3.63, 3.8) is 0 Å². The van der Waals surface area contributed by atoms with Gasteiger partial charge in [0.1, 0.15) is 11.9 Å². The molecule has 2 aromatic rings. The molecule has 7 nitrogen and oxygen atoms in total. The van der Waals surface area contributed by atoms with Crippen LogP contribution in [0.1, 0.15) is 45.0 Å². The van der Waals surface area contributed by atoms with Crippen LogP contribution in [-0.2, 0) is 16.1 Å². The summed E-state index contributed by atoms with van der Waals surface area (Å²) in [6.45, 7) is 6.96. The maximum absolute atomic E-state index is 14.3. The van der Waals surface area contributed by atoms with Crippen LogP contribution in [-0.4, -0.2) is 33.0 Å². The summed E-state index contributed by atoms with van der Waals surface area (Å²) in [7, 11) is 0. The van der Waals surface area contributed by atoms with Crippen LogP contribution in [0.4, 0.5) is 4.39 Å². The first-order valence-corrected chi connectivity index (χ1v) is 9.95. The molecule has 0 aliphatic carbocycles. The van der Waals surface area contributed by atoms with Crippen LogP contribution in [0.15, 0.2) is 56.5 Å². The van der Waals surface area contributed by atoms with Crippen molar-refractivity contribution in [2.24, 2.45) is 10.9 Å². The average Bonchev–Trinajstić information content (AvgIpc) is 3.02. The third-order valence-electron chi connectivity index (χ3n) is 5.16. The Bertz CT molecular complexity index is 1020. The summed E-state index contributed by atoms with van der Waals surface area (Å²) in [4.78, 5) is 29.0. The molecule has 0 saturated carbocycles. The van der Waals surface area contributed by atoms with Crippen LogP contribution in [0.2, 0.25) is 0 Å². The van der Waals surface area contributed by atoms with E-state index in [9.17, 15) is 14.0 Å². The summed E-state index contributed by atoms with van der Waals surface area (Å²) in [5.41, 5.74) is 0.514. The van der Waals surface area contributed by atoms with E-state index in [0.29, 0.717) is 5.82 Å². The largest absolute Gasteiger partial charge is 0.454 e. The first-order valence-electron chi connectivity index (χ1n) is 9.95. The lowest BCUT2D eigenvalue weighted by Crippen LogP contribution is -2.48. The van der Waals surface area contributed by atoms with Crippen molar-refractivity contribution in [1.82, 2.24) is 9.72 Å². The Kier molecular flexibility index (Phi) is 6.34. The van der Waals surface area contributed by atoms with E-state index in [1.807, 2.05) is 44.2 Å². The van der Waals surface area contributed by atoms with Gasteiger partial charge in [-0.15, -0.1) is 0 Å². The van der Waals surface area contributed by atoms with Crippen LogP contribution in [0.3, 0.4) is 0 Å². The maximum Gasteiger partial charge on any atom is 0.441 e. The van der Waals surface area contributed by atoms with Crippen molar-refractivity contribution < 1.29 is 18.4 Å². The average molecular weight is 415 g/mol. The van der Waals surface area contributed by atoms with E-state index in [2.05, 4.69) is 9.68 Å². The number of rotatable bonds is 7. The molecular formula is C22H26FN3O4. The number of cyclic esters (lactones) is 1. The smallest absolute Gasteiger partial charge is 0.441 e. The fraction of sp³-hybridized carbons (Fsp3) is 0.455. The minimum atomic E-state index is -1.11. The number of benzene rings is 1. The third-order valence-corrected chi connectivity index (χ3v) is 5.16. The fourth-order valence-corrected chi connectivity index (χ4v) is 3.36. The van der Waals surface area contributed by atoms with Gasteiger partial charge in [0.2, 0.25) is 0 Å². The molecule has 2 heterocycles. The summed E-state index contributed by atoms with van der Waals surface area (Å²) in [5.74, 6) is -1.27. The molecule has 0 N–H and O–H groups in total. The molecule has 1 aliphatic rings. The van der Waals surface area contributed by atoms with E-state index >= 15 is 0 Å². The zero-order valence-corrected chi connectivity index (χ0v) is 17.6. The van der Waals surface area contributed by atoms with Crippen LogP contribution in [0.5, 0.6) is 0 Å². The summed E-state index contributed by atoms with van der Waals surface area (Å²) in [6.07, 6.45) is 1.46. The van der Waals surface area contributed by atoms with Gasteiger partial charge in [-0.05, 0) is 38.2 Å². The van der Waals surface area contributed by atoms with Gasteiger partial charge in [0.15, 0.2) is 11.4 Å². The van der Waals surface area contributed by atoms with Gasteiger partial charge in [-0.1, -0.05) is 55.4 Å². The van der Waals surface area contributed by atoms with E-state index in [4.69, 9.17) is 9.73 Å². The van der Waals surface area contributed by atoms with Crippen molar-refractivity contribution in [2.75, 3.05) is 0 Å². The highest BCUT2D eigenvalue weighted by Crippen LogP contribution is 2.30. The number of halogens is 1. The monoisotopic (exact) mass is 415 g/mol. The fourth-order valence-electron chi connectivity index (χ4n) is 3.36. The van der Waals surface area contributed by atoms with Crippen molar-refractivity contribution in [3.05, 3.63) is 64.2 Å². The van der Waals surface area contributed by atoms with Crippen LogP contribution < -0.4 is 5.76 Å². The first kappa shape index (κ1) is 21.7. The Morgan fingerprint density at radius 2 is 2.00 bits per heavy atom. The normalized spacial score (nSPS) is 22.2. The number of ether oxygens (including phenoxy) is 1. The molecule has 3 rings (SSSR count). The quantitative estimate of drug-likeness (QED) is 0.645. The summed E-state index contributed by atoms with van der Waals surface area (Å²) in [5, 5.41) is 3.50. The number of nitrogens with zero attached hydrogens (tertiary/aromatic N) is 3. The Balaban J connectivity index is 1.79. The van der Waals surface area contributed by atoms with E-state index < -0.39 is 29.2 Å². The van der Waals surface area contributed by atoms with Gasteiger partial charge in [0, 0.05) is 0 Å². The Labute approximate surface area is 174 Å². The lowest BCUT2D eigenvalue weighted by molar-refractivity contribution is -0.155. The molecule has 160 valence electrons. The highest BCUT2D eigenvalue weighted by atomic mass is 19.1. The lowest BCUT2D eigenvalue weighted by atomic mass is 9.89. The number of carbonyl (C=O) groups is 1. The first-order chi connectivity index (χ1) is 14.2. The molecular weight excluding hydrogens is 389 g/mol. The van der Waals surface area contributed by atoms with E-state index in [1.54, 1.807) is 13.8 Å². The molecule has 1 aromatic heterocycles. The van der Waals surface area contributed by atoms with Crippen LogP contribution in [0.25, 0.3) is 0 Å². The Morgan fingerprint density at radius 3 is 2.60 bits per heavy atom. The number of aryl methyl sites for hydroxylation is 1. The van der Waals surface area contributed by atoms with Crippen LogP contribution >= 0.6 is 0 Å². The minimum absolute atomic E-state index is 0.0694. The predicted molar refractivity (Wildman–Crippen MR) is 110 cm³/mol. The molecule has 8 heteroatoms. The zero-order valence-electron chi connectivity index (χ0n) is 17.6. The molecule has 2 atom stereocenters. The number of hydrogen-bond acceptors (Lipinski definition) is 6. The van der Waals surface area contributed by atoms with E-state index in [1.165, 1.54) is 6.08 Å². The molecule has 0 radical (unpaired) electrons. The standard InChI is InChI=1S/C22H26FN3O4/c1-14(2)19-18(16-9-6-5-7-10-16)24-22(4,20(27)29-19)12-8-11-17(23)13-26-15(3)25-30-21(26)28/h5-7,9-11,14,19H,8,12-13H2,1-4H3/b17-11+/t19?,22-/m0/s1. The van der Waals surface area contributed by atoms with Crippen molar-refractivity contribution in [3.8, 4) is 0 Å². The van der Waals surface area contributed by atoms with Crippen molar-refractivity contribution >= 4 is 11.7 Å². The molecule has 0 bridgehead atoms. The number of aromatic nitrogens is 2. The topological polar surface area (TPSA) is 86.7 Å². The minimum Gasteiger partial charge on any atom is -0.454 e. The number of allylic oxidation sites excluding steroid dienone is 2. The molecule has 0 fully saturated rings. The van der Waals surface area contributed by atoms with Crippen LogP contribution in [0, 0.1) is 12.8 Å². The highest BCUT2D eigenvalue weighted by molar-refractivity contribution is 6.08. The van der Waals surface area contributed by atoms with Gasteiger partial charge in [-0.25, -0.2) is 14.0 Å². The second-order valence-electron chi connectivity index (χ2n) is 7.98. The van der Waals surface area contributed by atoms with Gasteiger partial charge < -0.3 is 4.74 Å². The molecule has 0 amide bonds. The van der Waals surface area contributed by atoms with Gasteiger partial charge >= 0.3 is 11.7 Å². The lowest BCUT2D eigenvalue weighted by Gasteiger charge is -2.35. The van der Waals surface area contributed by atoms with E-state index in [0.717, 1.165) is 15.8 Å². The van der Waals surface area contributed by atoms with E-state index in [-0.39, 0.29) is 25.3 Å². The van der Waals surface area contributed by atoms with Crippen molar-refractivity contribution in [1.29, 1.82) is 0 Å². The second-order valence-corrected chi connectivity index (χ2v) is 7.98. The molecule has 1 aliphatic heterocycles. The number of carbonyl (C=O) groups excluding carboxylic acids is 1. The summed E-state index contributed by atoms with van der Waals surface area (Å²) < 4.78 is 25.6. The highest BCUT2D eigenvalue weighted by Gasteiger charge is 2.42. The number of aliphatic imine (C=N–C) groups is 1.